The van der Waals surface area contributed by atoms with E-state index in [0.717, 1.165) is 11.3 Å². The molecule has 7 nitrogen and oxygen atoms in total. The molecule has 0 spiro atoms. The molecule has 8 heteroatoms. The summed E-state index contributed by atoms with van der Waals surface area (Å²) in [4.78, 5) is 16.7. The predicted octanol–water partition coefficient (Wildman–Crippen LogP) is 2.00. The maximum atomic E-state index is 12.3. The monoisotopic (exact) mass is 387 g/mol. The van der Waals surface area contributed by atoms with Crippen LogP contribution in [0.25, 0.3) is 0 Å². The van der Waals surface area contributed by atoms with Crippen molar-refractivity contribution >= 4 is 21.8 Å². The summed E-state index contributed by atoms with van der Waals surface area (Å²) in [6.45, 7) is 1.81. The van der Waals surface area contributed by atoms with E-state index in [0.29, 0.717) is 12.0 Å². The largest absolute Gasteiger partial charge is 0.497 e. The first-order valence-corrected chi connectivity index (χ1v) is 10.0. The fourth-order valence-corrected chi connectivity index (χ4v) is 4.15. The highest BCUT2D eigenvalue weighted by Crippen LogP contribution is 2.22. The van der Waals surface area contributed by atoms with Crippen LogP contribution in [-0.4, -0.2) is 33.8 Å². The smallest absolute Gasteiger partial charge is 0.263 e. The van der Waals surface area contributed by atoms with Gasteiger partial charge in [-0.3, -0.25) is 14.5 Å². The Labute approximate surface area is 158 Å². The van der Waals surface area contributed by atoms with Crippen LogP contribution in [0.5, 0.6) is 5.75 Å². The van der Waals surface area contributed by atoms with Crippen LogP contribution in [0.1, 0.15) is 30.5 Å². The van der Waals surface area contributed by atoms with Crippen LogP contribution >= 0.6 is 0 Å². The van der Waals surface area contributed by atoms with Gasteiger partial charge in [0.25, 0.3) is 10.0 Å². The first-order valence-electron chi connectivity index (χ1n) is 8.54. The summed E-state index contributed by atoms with van der Waals surface area (Å²) in [6.07, 6.45) is 0.712. The van der Waals surface area contributed by atoms with Crippen molar-refractivity contribution in [3.63, 3.8) is 0 Å². The Morgan fingerprint density at radius 3 is 2.56 bits per heavy atom. The summed E-state index contributed by atoms with van der Waals surface area (Å²) in [5.74, 6) is 0.658. The third kappa shape index (κ3) is 4.11. The molecule has 2 aromatic carbocycles. The summed E-state index contributed by atoms with van der Waals surface area (Å²) in [5, 5.41) is 2.93. The second-order valence-corrected chi connectivity index (χ2v) is 7.72. The average molecular weight is 387 g/mol. The molecule has 0 saturated carbocycles. The SMILES string of the molecule is CCC(NC(=O)CN=C1NS(=O)(=O)c2ccccc21)c1ccc(OC)cc1. The van der Waals surface area contributed by atoms with Gasteiger partial charge in [-0.1, -0.05) is 31.2 Å². The molecular formula is C19H21N3O4S. The van der Waals surface area contributed by atoms with E-state index in [-0.39, 0.29) is 29.2 Å². The molecule has 0 saturated heterocycles. The summed E-state index contributed by atoms with van der Waals surface area (Å²) >= 11 is 0. The molecule has 1 amide bonds. The number of aliphatic imine (C=N–C) groups is 1. The number of hydrogen-bond donors (Lipinski definition) is 2. The number of amides is 1. The zero-order valence-corrected chi connectivity index (χ0v) is 15.9. The van der Waals surface area contributed by atoms with E-state index in [9.17, 15) is 13.2 Å². The molecule has 0 aromatic heterocycles. The van der Waals surface area contributed by atoms with E-state index in [1.165, 1.54) is 6.07 Å². The fourth-order valence-electron chi connectivity index (χ4n) is 2.90. The van der Waals surface area contributed by atoms with Gasteiger partial charge in [0.2, 0.25) is 5.91 Å². The van der Waals surface area contributed by atoms with E-state index in [4.69, 9.17) is 4.74 Å². The van der Waals surface area contributed by atoms with Crippen molar-refractivity contribution in [1.82, 2.24) is 10.0 Å². The normalized spacial score (nSPS) is 17.0. The van der Waals surface area contributed by atoms with Crippen LogP contribution in [0.2, 0.25) is 0 Å². The first-order chi connectivity index (χ1) is 12.9. The molecular weight excluding hydrogens is 366 g/mol. The van der Waals surface area contributed by atoms with Crippen molar-refractivity contribution in [2.24, 2.45) is 4.99 Å². The molecule has 1 atom stereocenters. The third-order valence-electron chi connectivity index (χ3n) is 4.31. The topological polar surface area (TPSA) is 96.9 Å². The maximum absolute atomic E-state index is 12.3. The number of nitrogens with one attached hydrogen (secondary N) is 2. The minimum Gasteiger partial charge on any atom is -0.497 e. The van der Waals surface area contributed by atoms with E-state index >= 15 is 0 Å². The van der Waals surface area contributed by atoms with Crippen molar-refractivity contribution in [2.45, 2.75) is 24.3 Å². The van der Waals surface area contributed by atoms with Crippen molar-refractivity contribution in [2.75, 3.05) is 13.7 Å². The van der Waals surface area contributed by atoms with Gasteiger partial charge in [0.15, 0.2) is 0 Å². The number of methoxy groups -OCH3 is 1. The van der Waals surface area contributed by atoms with Gasteiger partial charge in [-0.25, -0.2) is 8.42 Å². The Hall–Kier alpha value is -2.87. The van der Waals surface area contributed by atoms with E-state index in [1.807, 2.05) is 31.2 Å². The van der Waals surface area contributed by atoms with Gasteiger partial charge in [0, 0.05) is 5.56 Å². The second kappa shape index (κ2) is 7.79. The maximum Gasteiger partial charge on any atom is 0.263 e. The second-order valence-electron chi connectivity index (χ2n) is 6.07. The molecule has 1 unspecified atom stereocenters. The third-order valence-corrected chi connectivity index (χ3v) is 5.70. The Morgan fingerprint density at radius 1 is 1.19 bits per heavy atom. The molecule has 1 heterocycles. The Morgan fingerprint density at radius 2 is 1.89 bits per heavy atom. The number of amidine groups is 1. The average Bonchev–Trinajstić information content (AvgIpc) is 2.95. The van der Waals surface area contributed by atoms with Crippen molar-refractivity contribution in [3.05, 3.63) is 59.7 Å². The van der Waals surface area contributed by atoms with Crippen LogP contribution in [0.4, 0.5) is 0 Å². The van der Waals surface area contributed by atoms with Crippen LogP contribution in [0.3, 0.4) is 0 Å². The molecule has 1 aliphatic heterocycles. The van der Waals surface area contributed by atoms with Crippen LogP contribution in [0, 0.1) is 0 Å². The number of nitrogens with zero attached hydrogens (tertiary/aromatic N) is 1. The molecule has 142 valence electrons. The van der Waals surface area contributed by atoms with Crippen LogP contribution < -0.4 is 14.8 Å². The number of fused-ring (bicyclic) bond motifs is 1. The van der Waals surface area contributed by atoms with Gasteiger partial charge >= 0.3 is 0 Å². The van der Waals surface area contributed by atoms with E-state index in [1.54, 1.807) is 25.3 Å². The number of sulfonamides is 1. The highest BCUT2D eigenvalue weighted by Gasteiger charge is 2.30. The van der Waals surface area contributed by atoms with Gasteiger partial charge < -0.3 is 10.1 Å². The summed E-state index contributed by atoms with van der Waals surface area (Å²) in [7, 11) is -2.00. The predicted molar refractivity (Wildman–Crippen MR) is 102 cm³/mol. The van der Waals surface area contributed by atoms with Crippen LogP contribution in [0.15, 0.2) is 58.4 Å². The highest BCUT2D eigenvalue weighted by atomic mass is 32.2. The lowest BCUT2D eigenvalue weighted by molar-refractivity contribution is -0.120. The van der Waals surface area contributed by atoms with Crippen molar-refractivity contribution in [3.8, 4) is 5.75 Å². The number of rotatable bonds is 6. The molecule has 0 fully saturated rings. The van der Waals surface area contributed by atoms with Gasteiger partial charge in [-0.05, 0) is 36.2 Å². The quantitative estimate of drug-likeness (QED) is 0.792. The Bertz CT molecular complexity index is 969. The van der Waals surface area contributed by atoms with Gasteiger partial charge in [0.05, 0.1) is 18.0 Å². The lowest BCUT2D eigenvalue weighted by Crippen LogP contribution is -2.31. The number of carbonyl (C=O) groups is 1. The Balaban J connectivity index is 1.69. The first kappa shape index (κ1) is 18.9. The highest BCUT2D eigenvalue weighted by molar-refractivity contribution is 7.90. The number of benzene rings is 2. The van der Waals surface area contributed by atoms with Crippen molar-refractivity contribution < 1.29 is 17.9 Å². The standard InChI is InChI=1S/C19H21N3O4S/c1-3-16(13-8-10-14(26-2)11-9-13)21-18(23)12-20-19-15-6-4-5-7-17(15)27(24,25)22-19/h4-11,16H,3,12H2,1-2H3,(H,20,22)(H,21,23). The van der Waals surface area contributed by atoms with Gasteiger partial charge in [0.1, 0.15) is 18.1 Å². The summed E-state index contributed by atoms with van der Waals surface area (Å²) < 4.78 is 31.7. The molecule has 1 aliphatic rings. The summed E-state index contributed by atoms with van der Waals surface area (Å²) in [6, 6.07) is 13.9. The lowest BCUT2D eigenvalue weighted by atomic mass is 10.0. The molecule has 0 bridgehead atoms. The molecule has 2 aromatic rings. The van der Waals surface area contributed by atoms with Crippen LogP contribution in [-0.2, 0) is 14.8 Å². The van der Waals surface area contributed by atoms with E-state index in [2.05, 4.69) is 15.0 Å². The summed E-state index contributed by atoms with van der Waals surface area (Å²) in [5.41, 5.74) is 1.44. The van der Waals surface area contributed by atoms with Gasteiger partial charge in [-0.15, -0.1) is 0 Å². The number of ether oxygens (including phenoxy) is 1. The molecule has 0 aliphatic carbocycles. The van der Waals surface area contributed by atoms with E-state index < -0.39 is 10.0 Å². The zero-order chi connectivity index (χ0) is 19.4. The van der Waals surface area contributed by atoms with Crippen molar-refractivity contribution in [1.29, 1.82) is 0 Å². The fraction of sp³-hybridized carbons (Fsp3) is 0.263. The minimum atomic E-state index is -3.60. The lowest BCUT2D eigenvalue weighted by Gasteiger charge is -2.17. The molecule has 3 rings (SSSR count). The number of hydrogen-bond acceptors (Lipinski definition) is 5. The zero-order valence-electron chi connectivity index (χ0n) is 15.1. The Kier molecular flexibility index (Phi) is 5.46. The van der Waals surface area contributed by atoms with Gasteiger partial charge in [-0.2, -0.15) is 0 Å². The molecule has 27 heavy (non-hydrogen) atoms. The minimum absolute atomic E-state index is 0.156. The molecule has 0 radical (unpaired) electrons. The molecule has 2 N–H and O–H groups in total. The number of carbonyl (C=O) groups excluding carboxylic acids is 1.